The molecule has 1 unspecified atom stereocenters. The van der Waals surface area contributed by atoms with Crippen molar-refractivity contribution < 1.29 is 0 Å². The molecular weight excluding hydrogens is 158 g/mol. The highest BCUT2D eigenvalue weighted by Crippen LogP contribution is 2.21. The van der Waals surface area contributed by atoms with Crippen LogP contribution in [0.1, 0.15) is 23.5 Å². The zero-order chi connectivity index (χ0) is 9.10. The fourth-order valence-corrected chi connectivity index (χ4v) is 1.61. The molecule has 0 saturated heterocycles. The Hall–Kier alpha value is -1.37. The predicted octanol–water partition coefficient (Wildman–Crippen LogP) is 3.07. The van der Waals surface area contributed by atoms with Gasteiger partial charge in [-0.2, -0.15) is 0 Å². The molecule has 1 heterocycles. The Morgan fingerprint density at radius 1 is 1.38 bits per heavy atom. The van der Waals surface area contributed by atoms with Gasteiger partial charge in [0.1, 0.15) is 0 Å². The first-order valence-electron chi connectivity index (χ1n) is 4.61. The molecule has 1 aliphatic rings. The lowest BCUT2D eigenvalue weighted by molar-refractivity contribution is 0.907. The van der Waals surface area contributed by atoms with Crippen LogP contribution in [0.15, 0.2) is 41.5 Å². The van der Waals surface area contributed by atoms with Crippen LogP contribution >= 0.6 is 0 Å². The summed E-state index contributed by atoms with van der Waals surface area (Å²) < 4.78 is 0. The fraction of sp³-hybridized carbons (Fsp3) is 0.250. The van der Waals surface area contributed by atoms with Crippen molar-refractivity contribution in [2.24, 2.45) is 4.99 Å². The van der Waals surface area contributed by atoms with Gasteiger partial charge in [-0.05, 0) is 18.9 Å². The number of benzene rings is 1. The Balaban J connectivity index is 2.25. The van der Waals surface area contributed by atoms with Crippen LogP contribution in [0.2, 0.25) is 0 Å². The zero-order valence-electron chi connectivity index (χ0n) is 7.77. The average molecular weight is 171 g/mol. The van der Waals surface area contributed by atoms with Crippen LogP contribution in [0.4, 0.5) is 0 Å². The van der Waals surface area contributed by atoms with Crippen LogP contribution in [-0.4, -0.2) is 6.21 Å². The first-order valence-corrected chi connectivity index (χ1v) is 4.61. The Morgan fingerprint density at radius 3 is 3.00 bits per heavy atom. The van der Waals surface area contributed by atoms with Crippen molar-refractivity contribution in [1.29, 1.82) is 0 Å². The third kappa shape index (κ3) is 1.86. The second kappa shape index (κ2) is 3.56. The summed E-state index contributed by atoms with van der Waals surface area (Å²) in [7, 11) is 0. The van der Waals surface area contributed by atoms with Crippen molar-refractivity contribution in [1.82, 2.24) is 0 Å². The molecule has 13 heavy (non-hydrogen) atoms. The van der Waals surface area contributed by atoms with Gasteiger partial charge in [0.15, 0.2) is 0 Å². The van der Waals surface area contributed by atoms with E-state index in [2.05, 4.69) is 42.3 Å². The second-order valence-electron chi connectivity index (χ2n) is 3.44. The number of nitrogens with zero attached hydrogens (tertiary/aromatic N) is 1. The zero-order valence-corrected chi connectivity index (χ0v) is 7.77. The number of aryl methyl sites for hydroxylation is 1. The number of hydrogen-bond donors (Lipinski definition) is 0. The number of rotatable bonds is 1. The molecule has 0 amide bonds. The van der Waals surface area contributed by atoms with Gasteiger partial charge in [0.05, 0.1) is 0 Å². The topological polar surface area (TPSA) is 12.4 Å². The molecule has 66 valence electrons. The van der Waals surface area contributed by atoms with E-state index in [1.165, 1.54) is 11.1 Å². The van der Waals surface area contributed by atoms with Crippen LogP contribution in [0.25, 0.3) is 0 Å². The molecule has 0 saturated carbocycles. The van der Waals surface area contributed by atoms with Crippen molar-refractivity contribution in [2.75, 3.05) is 0 Å². The molecule has 1 heteroatoms. The lowest BCUT2D eigenvalue weighted by Crippen LogP contribution is -2.01. The van der Waals surface area contributed by atoms with E-state index >= 15 is 0 Å². The predicted molar refractivity (Wildman–Crippen MR) is 56.2 cm³/mol. The van der Waals surface area contributed by atoms with Crippen molar-refractivity contribution in [3.05, 3.63) is 47.7 Å². The monoisotopic (exact) mass is 171 g/mol. The Bertz CT molecular complexity index is 350. The first-order chi connectivity index (χ1) is 6.36. The van der Waals surface area contributed by atoms with Gasteiger partial charge in [-0.15, -0.1) is 0 Å². The molecule has 1 nitrogen and oxygen atoms in total. The summed E-state index contributed by atoms with van der Waals surface area (Å²) in [5, 5.41) is 0. The van der Waals surface area contributed by atoms with E-state index in [0.29, 0.717) is 5.92 Å². The molecule has 0 bridgehead atoms. The minimum absolute atomic E-state index is 0.477. The fourth-order valence-electron chi connectivity index (χ4n) is 1.61. The summed E-state index contributed by atoms with van der Waals surface area (Å²) in [6.45, 7) is 2.12. The average Bonchev–Trinajstić information content (AvgIpc) is 2.19. The van der Waals surface area contributed by atoms with Crippen LogP contribution in [0.3, 0.4) is 0 Å². The molecule has 0 spiro atoms. The third-order valence-corrected chi connectivity index (χ3v) is 2.32. The van der Waals surface area contributed by atoms with Crippen LogP contribution in [0.5, 0.6) is 0 Å². The lowest BCUT2D eigenvalue weighted by Gasteiger charge is -2.12. The first kappa shape index (κ1) is 8.24. The largest absolute Gasteiger partial charge is 0.269 e. The van der Waals surface area contributed by atoms with Gasteiger partial charge in [0.25, 0.3) is 0 Å². The minimum Gasteiger partial charge on any atom is -0.269 e. The highest BCUT2D eigenvalue weighted by atomic mass is 14.7. The molecule has 1 atom stereocenters. The van der Waals surface area contributed by atoms with Gasteiger partial charge in [-0.3, -0.25) is 4.99 Å². The van der Waals surface area contributed by atoms with Gasteiger partial charge in [-0.25, -0.2) is 0 Å². The summed E-state index contributed by atoms with van der Waals surface area (Å²) in [5.41, 5.74) is 2.69. The maximum Gasteiger partial charge on any atom is 0.0228 e. The summed E-state index contributed by atoms with van der Waals surface area (Å²) >= 11 is 0. The molecule has 0 fully saturated rings. The molecule has 2 rings (SSSR count). The summed E-state index contributed by atoms with van der Waals surface area (Å²) in [4.78, 5) is 4.16. The van der Waals surface area contributed by atoms with Crippen molar-refractivity contribution >= 4 is 6.21 Å². The highest BCUT2D eigenvalue weighted by molar-refractivity contribution is 5.69. The quantitative estimate of drug-likeness (QED) is 0.615. The van der Waals surface area contributed by atoms with Crippen molar-refractivity contribution in [3.63, 3.8) is 0 Å². The maximum atomic E-state index is 4.16. The molecule has 1 aromatic carbocycles. The Kier molecular flexibility index (Phi) is 2.26. The smallest absolute Gasteiger partial charge is 0.0228 e. The lowest BCUT2D eigenvalue weighted by atomic mass is 9.95. The van der Waals surface area contributed by atoms with Gasteiger partial charge in [-0.1, -0.05) is 35.9 Å². The van der Waals surface area contributed by atoms with Gasteiger partial charge in [0.2, 0.25) is 0 Å². The Labute approximate surface area is 78.8 Å². The van der Waals surface area contributed by atoms with E-state index in [4.69, 9.17) is 0 Å². The van der Waals surface area contributed by atoms with Crippen molar-refractivity contribution in [2.45, 2.75) is 19.3 Å². The van der Waals surface area contributed by atoms with Gasteiger partial charge in [0, 0.05) is 18.3 Å². The number of allylic oxidation sites excluding steroid dienone is 1. The SMILES string of the molecule is Cc1cccc(C2C=NC=CC2)c1. The molecule has 0 aromatic heterocycles. The third-order valence-electron chi connectivity index (χ3n) is 2.32. The molecule has 1 aromatic rings. The summed E-state index contributed by atoms with van der Waals surface area (Å²) in [5.74, 6) is 0.477. The van der Waals surface area contributed by atoms with Crippen molar-refractivity contribution in [3.8, 4) is 0 Å². The second-order valence-corrected chi connectivity index (χ2v) is 3.44. The molecule has 1 aliphatic heterocycles. The molecule has 0 aliphatic carbocycles. The Morgan fingerprint density at radius 2 is 2.31 bits per heavy atom. The minimum atomic E-state index is 0.477. The molecular formula is C12H13N. The highest BCUT2D eigenvalue weighted by Gasteiger charge is 2.08. The van der Waals surface area contributed by atoms with E-state index in [9.17, 15) is 0 Å². The van der Waals surface area contributed by atoms with Crippen LogP contribution in [-0.2, 0) is 0 Å². The van der Waals surface area contributed by atoms with E-state index in [1.807, 2.05) is 12.4 Å². The van der Waals surface area contributed by atoms with Gasteiger partial charge < -0.3 is 0 Å². The molecule has 0 N–H and O–H groups in total. The maximum absolute atomic E-state index is 4.16. The van der Waals surface area contributed by atoms with Gasteiger partial charge >= 0.3 is 0 Å². The van der Waals surface area contributed by atoms with E-state index < -0.39 is 0 Å². The normalized spacial score (nSPS) is 20.5. The van der Waals surface area contributed by atoms with E-state index in [-0.39, 0.29) is 0 Å². The van der Waals surface area contributed by atoms with Crippen LogP contribution < -0.4 is 0 Å². The summed E-state index contributed by atoms with van der Waals surface area (Å²) in [6.07, 6.45) is 7.08. The van der Waals surface area contributed by atoms with E-state index in [0.717, 1.165) is 6.42 Å². The standard InChI is InChI=1S/C12H13N/c1-10-4-2-5-11(8-10)12-6-3-7-13-9-12/h2-5,7-9,12H,6H2,1H3. The summed E-state index contributed by atoms with van der Waals surface area (Å²) in [6, 6.07) is 8.63. The number of hydrogen-bond acceptors (Lipinski definition) is 1. The number of aliphatic imine (C=N–C) groups is 1. The van der Waals surface area contributed by atoms with Crippen LogP contribution in [0, 0.1) is 6.92 Å². The van der Waals surface area contributed by atoms with E-state index in [1.54, 1.807) is 0 Å². The molecule has 0 radical (unpaired) electrons.